The Balaban J connectivity index is 2.06. The van der Waals surface area contributed by atoms with Crippen LogP contribution < -0.4 is 15.4 Å². The molecule has 0 aliphatic carbocycles. The molecule has 104 valence electrons. The van der Waals surface area contributed by atoms with Crippen molar-refractivity contribution in [1.82, 2.24) is 5.32 Å². The number of nitrogens with one attached hydrogen (secondary N) is 2. The molecule has 0 aromatic heterocycles. The molecule has 2 unspecified atom stereocenters. The van der Waals surface area contributed by atoms with E-state index in [0.29, 0.717) is 31.3 Å². The molecule has 2 N–H and O–H groups in total. The summed E-state index contributed by atoms with van der Waals surface area (Å²) in [6.07, 6.45) is 0. The fraction of sp³-hybridized carbons (Fsp3) is 0.500. The van der Waals surface area contributed by atoms with Crippen molar-refractivity contribution in [2.45, 2.75) is 13.0 Å². The van der Waals surface area contributed by atoms with Crippen LogP contribution in [0.2, 0.25) is 0 Å². The van der Waals surface area contributed by atoms with Crippen LogP contribution in [0, 0.1) is 5.92 Å². The molecule has 1 amide bonds. The topological polar surface area (TPSA) is 59.6 Å². The summed E-state index contributed by atoms with van der Waals surface area (Å²) >= 11 is 0. The second kappa shape index (κ2) is 6.54. The highest BCUT2D eigenvalue weighted by Crippen LogP contribution is 2.25. The first-order chi connectivity index (χ1) is 9.26. The van der Waals surface area contributed by atoms with Crippen molar-refractivity contribution in [2.75, 3.05) is 32.2 Å². The van der Waals surface area contributed by atoms with Gasteiger partial charge in [0.2, 0.25) is 5.91 Å². The van der Waals surface area contributed by atoms with E-state index in [2.05, 4.69) is 10.6 Å². The van der Waals surface area contributed by atoms with E-state index in [9.17, 15) is 4.79 Å². The third kappa shape index (κ3) is 3.24. The average molecular weight is 264 g/mol. The number of carbonyl (C=O) groups is 1. The Morgan fingerprint density at radius 3 is 2.95 bits per heavy atom. The smallest absolute Gasteiger partial charge is 0.231 e. The molecule has 0 bridgehead atoms. The van der Waals surface area contributed by atoms with Crippen molar-refractivity contribution >= 4 is 11.6 Å². The molecule has 1 aromatic rings. The molecule has 1 aromatic carbocycles. The van der Waals surface area contributed by atoms with Gasteiger partial charge in [-0.2, -0.15) is 0 Å². The molecular formula is C14H20N2O3. The van der Waals surface area contributed by atoms with Crippen molar-refractivity contribution in [1.29, 1.82) is 0 Å². The number of hydrogen-bond acceptors (Lipinski definition) is 4. The number of amides is 1. The van der Waals surface area contributed by atoms with Crippen molar-refractivity contribution in [2.24, 2.45) is 5.92 Å². The number of anilines is 1. The van der Waals surface area contributed by atoms with Crippen LogP contribution in [0.5, 0.6) is 5.75 Å². The third-order valence-electron chi connectivity index (χ3n) is 3.23. The lowest BCUT2D eigenvalue weighted by molar-refractivity contribution is -0.120. The lowest BCUT2D eigenvalue weighted by atomic mass is 10.0. The van der Waals surface area contributed by atoms with Crippen LogP contribution in [0.4, 0.5) is 5.69 Å². The summed E-state index contributed by atoms with van der Waals surface area (Å²) in [5.41, 5.74) is 0.705. The highest BCUT2D eigenvalue weighted by atomic mass is 16.5. The Morgan fingerprint density at radius 2 is 2.21 bits per heavy atom. The van der Waals surface area contributed by atoms with Crippen molar-refractivity contribution < 1.29 is 14.3 Å². The highest BCUT2D eigenvalue weighted by molar-refractivity contribution is 5.94. The summed E-state index contributed by atoms with van der Waals surface area (Å²) in [4.78, 5) is 12.3. The van der Waals surface area contributed by atoms with Crippen molar-refractivity contribution in [3.8, 4) is 5.75 Å². The molecular weight excluding hydrogens is 244 g/mol. The van der Waals surface area contributed by atoms with E-state index < -0.39 is 0 Å². The maximum Gasteiger partial charge on any atom is 0.231 e. The maximum absolute atomic E-state index is 12.3. The molecule has 5 nitrogen and oxygen atoms in total. The van der Waals surface area contributed by atoms with Crippen LogP contribution in [0.15, 0.2) is 24.3 Å². The van der Waals surface area contributed by atoms with Gasteiger partial charge in [0.25, 0.3) is 0 Å². The fourth-order valence-electron chi connectivity index (χ4n) is 2.17. The molecule has 0 radical (unpaired) electrons. The first kappa shape index (κ1) is 13.8. The number of benzene rings is 1. The lowest BCUT2D eigenvalue weighted by Gasteiger charge is -2.17. The van der Waals surface area contributed by atoms with E-state index in [1.54, 1.807) is 0 Å². The summed E-state index contributed by atoms with van der Waals surface area (Å²) in [5, 5.41) is 6.02. The van der Waals surface area contributed by atoms with E-state index in [0.717, 1.165) is 0 Å². The van der Waals surface area contributed by atoms with Gasteiger partial charge in [-0.15, -0.1) is 0 Å². The minimum atomic E-state index is -0.167. The molecule has 1 heterocycles. The molecule has 19 heavy (non-hydrogen) atoms. The van der Waals surface area contributed by atoms with Gasteiger partial charge in [0.05, 0.1) is 31.4 Å². The second-order valence-corrected chi connectivity index (χ2v) is 4.46. The molecule has 1 aliphatic heterocycles. The van der Waals surface area contributed by atoms with Crippen LogP contribution in [0.25, 0.3) is 0 Å². The molecule has 1 aliphatic rings. The largest absolute Gasteiger partial charge is 0.492 e. The Hall–Kier alpha value is -1.59. The fourth-order valence-corrected chi connectivity index (χ4v) is 2.17. The number of ether oxygens (including phenoxy) is 2. The van der Waals surface area contributed by atoms with E-state index in [1.807, 2.05) is 38.2 Å². The highest BCUT2D eigenvalue weighted by Gasteiger charge is 2.33. The number of para-hydroxylation sites is 2. The zero-order valence-corrected chi connectivity index (χ0v) is 11.3. The zero-order valence-electron chi connectivity index (χ0n) is 11.3. The van der Waals surface area contributed by atoms with Crippen molar-refractivity contribution in [3.05, 3.63) is 24.3 Å². The average Bonchev–Trinajstić information content (AvgIpc) is 2.89. The molecule has 1 fully saturated rings. The van der Waals surface area contributed by atoms with Crippen LogP contribution >= 0.6 is 0 Å². The Kier molecular flexibility index (Phi) is 4.76. The van der Waals surface area contributed by atoms with Crippen LogP contribution in [-0.2, 0) is 9.53 Å². The molecule has 0 spiro atoms. The van der Waals surface area contributed by atoms with E-state index in [1.165, 1.54) is 0 Å². The van der Waals surface area contributed by atoms with Crippen LogP contribution in [0.3, 0.4) is 0 Å². The molecule has 2 rings (SSSR count). The maximum atomic E-state index is 12.3. The summed E-state index contributed by atoms with van der Waals surface area (Å²) in [5.74, 6) is 0.488. The summed E-state index contributed by atoms with van der Waals surface area (Å²) in [7, 11) is 1.84. The normalized spacial score (nSPS) is 22.2. The quantitative estimate of drug-likeness (QED) is 0.840. The van der Waals surface area contributed by atoms with Gasteiger partial charge in [-0.05, 0) is 26.1 Å². The zero-order chi connectivity index (χ0) is 13.7. The predicted molar refractivity (Wildman–Crippen MR) is 73.4 cm³/mol. The van der Waals surface area contributed by atoms with Gasteiger partial charge in [0.1, 0.15) is 5.75 Å². The molecule has 2 atom stereocenters. The minimum absolute atomic E-state index is 0.0380. The SMILES string of the molecule is CCOc1ccccc1NC(=O)C1COCC1NC. The lowest BCUT2D eigenvalue weighted by Crippen LogP contribution is -2.39. The monoisotopic (exact) mass is 264 g/mol. The Bertz CT molecular complexity index is 436. The second-order valence-electron chi connectivity index (χ2n) is 4.46. The molecule has 5 heteroatoms. The van der Waals surface area contributed by atoms with Gasteiger partial charge < -0.3 is 20.1 Å². The van der Waals surface area contributed by atoms with Gasteiger partial charge in [0.15, 0.2) is 0 Å². The Labute approximate surface area is 113 Å². The van der Waals surface area contributed by atoms with Gasteiger partial charge in [0, 0.05) is 6.04 Å². The van der Waals surface area contributed by atoms with Gasteiger partial charge in [-0.3, -0.25) is 4.79 Å². The van der Waals surface area contributed by atoms with Gasteiger partial charge in [-0.25, -0.2) is 0 Å². The summed E-state index contributed by atoms with van der Waals surface area (Å²) < 4.78 is 10.8. The standard InChI is InChI=1S/C14H20N2O3/c1-3-19-13-7-5-4-6-11(13)16-14(17)10-8-18-9-12(10)15-2/h4-7,10,12,15H,3,8-9H2,1-2H3,(H,16,17). The number of rotatable bonds is 5. The van der Waals surface area contributed by atoms with Gasteiger partial charge >= 0.3 is 0 Å². The summed E-state index contributed by atoms with van der Waals surface area (Å²) in [6.45, 7) is 3.51. The number of likely N-dealkylation sites (N-methyl/N-ethyl adjacent to an activating group) is 1. The minimum Gasteiger partial charge on any atom is -0.492 e. The predicted octanol–water partition coefficient (Wildman–Crippen LogP) is 1.26. The van der Waals surface area contributed by atoms with Crippen LogP contribution in [-0.4, -0.2) is 38.8 Å². The third-order valence-corrected chi connectivity index (χ3v) is 3.23. The van der Waals surface area contributed by atoms with Crippen LogP contribution in [0.1, 0.15) is 6.92 Å². The first-order valence-electron chi connectivity index (χ1n) is 6.54. The van der Waals surface area contributed by atoms with Gasteiger partial charge in [-0.1, -0.05) is 12.1 Å². The molecule has 0 saturated carbocycles. The molecule has 1 saturated heterocycles. The van der Waals surface area contributed by atoms with E-state index >= 15 is 0 Å². The Morgan fingerprint density at radius 1 is 1.42 bits per heavy atom. The number of hydrogen-bond donors (Lipinski definition) is 2. The van der Waals surface area contributed by atoms with E-state index in [-0.39, 0.29) is 17.9 Å². The van der Waals surface area contributed by atoms with Crippen molar-refractivity contribution in [3.63, 3.8) is 0 Å². The van der Waals surface area contributed by atoms with E-state index in [4.69, 9.17) is 9.47 Å². The number of carbonyl (C=O) groups excluding carboxylic acids is 1. The first-order valence-corrected chi connectivity index (χ1v) is 6.54. The summed E-state index contributed by atoms with van der Waals surface area (Å²) in [6, 6.07) is 7.51.